The lowest BCUT2D eigenvalue weighted by Gasteiger charge is -1.96. The molecule has 0 amide bonds. The molecule has 0 aliphatic carbocycles. The summed E-state index contributed by atoms with van der Waals surface area (Å²) < 4.78 is 9.04. The topological polar surface area (TPSA) is 35.5 Å². The van der Waals surface area contributed by atoms with Gasteiger partial charge >= 0.3 is 5.97 Å². The van der Waals surface area contributed by atoms with E-state index >= 15 is 0 Å². The molecule has 10 heavy (non-hydrogen) atoms. The molecule has 0 aromatic carbocycles. The highest BCUT2D eigenvalue weighted by molar-refractivity contribution is 5.88. The van der Waals surface area contributed by atoms with Crippen molar-refractivity contribution in [2.24, 2.45) is 0 Å². The van der Waals surface area contributed by atoms with Crippen LogP contribution in [0.25, 0.3) is 0 Å². The van der Waals surface area contributed by atoms with E-state index in [2.05, 4.69) is 16.6 Å². The molecule has 3 nitrogen and oxygen atoms in total. The molecule has 0 aliphatic heterocycles. The lowest BCUT2D eigenvalue weighted by molar-refractivity contribution is -0.133. The molecule has 0 saturated heterocycles. The number of carbonyl (C=O) groups excluding carboxylic acids is 1. The zero-order valence-electron chi connectivity index (χ0n) is 6.30. The third-order valence-corrected chi connectivity index (χ3v) is 0.916. The molecule has 0 aromatic rings. The molecule has 0 heterocycles. The maximum absolute atomic E-state index is 10.4. The Morgan fingerprint density at radius 3 is 2.50 bits per heavy atom. The van der Waals surface area contributed by atoms with Gasteiger partial charge in [-0.2, -0.15) is 0 Å². The van der Waals surface area contributed by atoms with E-state index in [-0.39, 0.29) is 6.10 Å². The monoisotopic (exact) mass is 142 g/mol. The van der Waals surface area contributed by atoms with Crippen LogP contribution in [0.1, 0.15) is 6.92 Å². The Balaban J connectivity index is 3.78. The van der Waals surface area contributed by atoms with E-state index in [9.17, 15) is 4.79 Å². The molecule has 56 valence electrons. The Kier molecular flexibility index (Phi) is 4.34. The standard InChI is InChI=1S/C7H10O3/c1-6(9-2)4-5-7(8)10-3/h6H,1-3H3. The van der Waals surface area contributed by atoms with E-state index in [0.29, 0.717) is 0 Å². The van der Waals surface area contributed by atoms with E-state index in [4.69, 9.17) is 4.74 Å². The van der Waals surface area contributed by atoms with Gasteiger partial charge in [-0.1, -0.05) is 5.92 Å². The maximum atomic E-state index is 10.4. The molecule has 0 saturated carbocycles. The molecule has 0 aromatic heterocycles. The zero-order chi connectivity index (χ0) is 7.98. The first-order chi connectivity index (χ1) is 4.70. The average molecular weight is 142 g/mol. The quantitative estimate of drug-likeness (QED) is 0.298. The summed E-state index contributed by atoms with van der Waals surface area (Å²) in [6.45, 7) is 1.75. The minimum absolute atomic E-state index is 0.223. The highest BCUT2D eigenvalue weighted by Crippen LogP contribution is 1.82. The molecule has 0 fully saturated rings. The molecular weight excluding hydrogens is 132 g/mol. The van der Waals surface area contributed by atoms with Crippen LogP contribution in [0, 0.1) is 11.8 Å². The van der Waals surface area contributed by atoms with Gasteiger partial charge < -0.3 is 9.47 Å². The summed E-state index contributed by atoms with van der Waals surface area (Å²) in [5.74, 6) is 4.24. The lowest BCUT2D eigenvalue weighted by Crippen LogP contribution is -2.02. The first-order valence-corrected chi connectivity index (χ1v) is 2.83. The van der Waals surface area contributed by atoms with Gasteiger partial charge in [0, 0.05) is 13.0 Å². The Morgan fingerprint density at radius 1 is 1.50 bits per heavy atom. The summed E-state index contributed by atoms with van der Waals surface area (Å²) >= 11 is 0. The number of hydrogen-bond acceptors (Lipinski definition) is 3. The Hall–Kier alpha value is -1.01. The van der Waals surface area contributed by atoms with Gasteiger partial charge in [0.25, 0.3) is 0 Å². The predicted octanol–water partition coefficient (Wildman–Crippen LogP) is 0.198. The molecule has 0 radical (unpaired) electrons. The van der Waals surface area contributed by atoms with Gasteiger partial charge in [0.15, 0.2) is 0 Å². The van der Waals surface area contributed by atoms with Crippen molar-refractivity contribution >= 4 is 5.97 Å². The van der Waals surface area contributed by atoms with Crippen molar-refractivity contribution < 1.29 is 14.3 Å². The summed E-state index contributed by atoms with van der Waals surface area (Å²) in [4.78, 5) is 10.4. The van der Waals surface area contributed by atoms with Crippen LogP contribution in [0.5, 0.6) is 0 Å². The second kappa shape index (κ2) is 4.83. The minimum Gasteiger partial charge on any atom is -0.459 e. The third kappa shape index (κ3) is 3.93. The highest BCUT2D eigenvalue weighted by atomic mass is 16.5. The van der Waals surface area contributed by atoms with E-state index in [1.807, 2.05) is 0 Å². The SMILES string of the molecule is COC(=O)C#CC(C)OC. The van der Waals surface area contributed by atoms with E-state index < -0.39 is 5.97 Å². The van der Waals surface area contributed by atoms with E-state index in [1.54, 1.807) is 6.92 Å². The van der Waals surface area contributed by atoms with Gasteiger partial charge in [-0.15, -0.1) is 0 Å². The molecule has 0 N–H and O–H groups in total. The Labute approximate surface area is 60.3 Å². The number of esters is 1. The van der Waals surface area contributed by atoms with Crippen LogP contribution in [-0.2, 0) is 14.3 Å². The molecular formula is C7H10O3. The van der Waals surface area contributed by atoms with Crippen molar-refractivity contribution in [3.63, 3.8) is 0 Å². The fraction of sp³-hybridized carbons (Fsp3) is 0.571. The Bertz CT molecular complexity index is 163. The largest absolute Gasteiger partial charge is 0.459 e. The van der Waals surface area contributed by atoms with Crippen LogP contribution >= 0.6 is 0 Å². The van der Waals surface area contributed by atoms with Crippen molar-refractivity contribution in [1.82, 2.24) is 0 Å². The second-order valence-electron chi connectivity index (χ2n) is 1.64. The van der Waals surface area contributed by atoms with Gasteiger partial charge in [0.2, 0.25) is 0 Å². The summed E-state index contributed by atoms with van der Waals surface area (Å²) in [7, 11) is 2.81. The van der Waals surface area contributed by atoms with Crippen molar-refractivity contribution in [3.05, 3.63) is 0 Å². The number of hydrogen-bond donors (Lipinski definition) is 0. The summed E-state index contributed by atoms with van der Waals surface area (Å²) in [6, 6.07) is 0. The van der Waals surface area contributed by atoms with Crippen LogP contribution < -0.4 is 0 Å². The van der Waals surface area contributed by atoms with Gasteiger partial charge in [-0.3, -0.25) is 0 Å². The van der Waals surface area contributed by atoms with Crippen molar-refractivity contribution in [3.8, 4) is 11.8 Å². The fourth-order valence-electron chi connectivity index (χ4n) is 0.271. The van der Waals surface area contributed by atoms with Crippen LogP contribution in [0.3, 0.4) is 0 Å². The van der Waals surface area contributed by atoms with Crippen LogP contribution in [-0.4, -0.2) is 26.3 Å². The number of rotatable bonds is 1. The molecule has 1 atom stereocenters. The minimum atomic E-state index is -0.538. The first kappa shape index (κ1) is 8.99. The molecule has 0 bridgehead atoms. The van der Waals surface area contributed by atoms with Gasteiger partial charge in [0.05, 0.1) is 7.11 Å². The second-order valence-corrected chi connectivity index (χ2v) is 1.64. The van der Waals surface area contributed by atoms with Crippen LogP contribution in [0.4, 0.5) is 0 Å². The molecule has 1 unspecified atom stereocenters. The summed E-state index contributed by atoms with van der Waals surface area (Å²) in [6.07, 6.45) is -0.223. The highest BCUT2D eigenvalue weighted by Gasteiger charge is 1.92. The smallest absolute Gasteiger partial charge is 0.384 e. The lowest BCUT2D eigenvalue weighted by atomic mass is 10.4. The van der Waals surface area contributed by atoms with Gasteiger partial charge in [-0.25, -0.2) is 4.79 Å². The molecule has 0 spiro atoms. The van der Waals surface area contributed by atoms with Crippen molar-refractivity contribution in [2.75, 3.05) is 14.2 Å². The Morgan fingerprint density at radius 2 is 2.10 bits per heavy atom. The fourth-order valence-corrected chi connectivity index (χ4v) is 0.271. The van der Waals surface area contributed by atoms with E-state index in [0.717, 1.165) is 0 Å². The number of ether oxygens (including phenoxy) is 2. The number of carbonyl (C=O) groups is 1. The normalized spacial score (nSPS) is 11.1. The van der Waals surface area contributed by atoms with Crippen molar-refractivity contribution in [1.29, 1.82) is 0 Å². The summed E-state index contributed by atoms with van der Waals surface area (Å²) in [5.41, 5.74) is 0. The van der Waals surface area contributed by atoms with E-state index in [1.165, 1.54) is 14.2 Å². The van der Waals surface area contributed by atoms with Gasteiger partial charge in [-0.05, 0) is 6.92 Å². The molecule has 0 aliphatic rings. The third-order valence-electron chi connectivity index (χ3n) is 0.916. The molecule has 3 heteroatoms. The summed E-state index contributed by atoms with van der Waals surface area (Å²) in [5, 5.41) is 0. The maximum Gasteiger partial charge on any atom is 0.384 e. The molecule has 0 rings (SSSR count). The van der Waals surface area contributed by atoms with Gasteiger partial charge in [0.1, 0.15) is 6.10 Å². The van der Waals surface area contributed by atoms with Crippen molar-refractivity contribution in [2.45, 2.75) is 13.0 Å². The predicted molar refractivity (Wildman–Crippen MR) is 36.3 cm³/mol. The first-order valence-electron chi connectivity index (χ1n) is 2.83. The zero-order valence-corrected chi connectivity index (χ0v) is 6.30. The van der Waals surface area contributed by atoms with Crippen LogP contribution in [0.15, 0.2) is 0 Å². The number of methoxy groups -OCH3 is 2. The van der Waals surface area contributed by atoms with Crippen LogP contribution in [0.2, 0.25) is 0 Å². The average Bonchev–Trinajstić information content (AvgIpc) is 1.99.